The molecule has 0 saturated carbocycles. The number of carbonyl (C=O) groups is 3. The summed E-state index contributed by atoms with van der Waals surface area (Å²) in [5, 5.41) is 13.6. The molecule has 1 aliphatic rings. The van der Waals surface area contributed by atoms with E-state index in [2.05, 4.69) is 5.32 Å². The lowest BCUT2D eigenvalue weighted by atomic mass is 9.94. The molecule has 1 saturated heterocycles. The highest BCUT2D eigenvalue weighted by Gasteiger charge is 2.51. The van der Waals surface area contributed by atoms with Crippen molar-refractivity contribution in [2.24, 2.45) is 10.8 Å². The van der Waals surface area contributed by atoms with Crippen LogP contribution < -0.4 is 5.32 Å². The van der Waals surface area contributed by atoms with E-state index in [4.69, 9.17) is 53.8 Å². The summed E-state index contributed by atoms with van der Waals surface area (Å²) in [7, 11) is 0. The standard InChI is InChI=1S/C25H34Cl3NO8/c1-23(2,3)21(32)35-13-15-17(30)18(37-22(33)24(4,5)6)16(29-20(31)25(26,27)28)19(36-15)34-12-14-10-8-7-9-11-14/h7-11,15-19,30H,12-13H2,1-6H3,(H,29,31)/t15-,16-,17+,18-,19-/m1/s1. The van der Waals surface area contributed by atoms with Crippen LogP contribution in [0.2, 0.25) is 0 Å². The Morgan fingerprint density at radius 3 is 2.05 bits per heavy atom. The van der Waals surface area contributed by atoms with Crippen molar-refractivity contribution in [1.29, 1.82) is 0 Å². The molecule has 12 heteroatoms. The Bertz CT molecular complexity index is 940. The molecule has 0 aliphatic carbocycles. The Morgan fingerprint density at radius 1 is 0.973 bits per heavy atom. The third-order valence-electron chi connectivity index (χ3n) is 5.33. The van der Waals surface area contributed by atoms with Gasteiger partial charge in [-0.15, -0.1) is 0 Å². The number of rotatable bonds is 7. The summed E-state index contributed by atoms with van der Waals surface area (Å²) in [4.78, 5) is 37.7. The van der Waals surface area contributed by atoms with Crippen LogP contribution in [0.4, 0.5) is 0 Å². The van der Waals surface area contributed by atoms with Gasteiger partial charge in [-0.05, 0) is 47.1 Å². The lowest BCUT2D eigenvalue weighted by Crippen LogP contribution is -2.67. The summed E-state index contributed by atoms with van der Waals surface area (Å²) >= 11 is 17.3. The van der Waals surface area contributed by atoms with Crippen molar-refractivity contribution in [3.63, 3.8) is 0 Å². The Hall–Kier alpha value is -1.62. The number of halogens is 3. The number of aliphatic hydroxyl groups is 1. The van der Waals surface area contributed by atoms with Gasteiger partial charge in [-0.3, -0.25) is 14.4 Å². The maximum atomic E-state index is 12.8. The first-order chi connectivity index (χ1) is 16.9. The second kappa shape index (κ2) is 12.5. The van der Waals surface area contributed by atoms with Crippen LogP contribution in [0.5, 0.6) is 0 Å². The van der Waals surface area contributed by atoms with E-state index in [1.807, 2.05) is 30.3 Å². The molecule has 208 valence electrons. The van der Waals surface area contributed by atoms with Gasteiger partial charge in [0, 0.05) is 0 Å². The van der Waals surface area contributed by atoms with Gasteiger partial charge in [0.25, 0.3) is 9.70 Å². The first kappa shape index (κ1) is 31.6. The highest BCUT2D eigenvalue weighted by atomic mass is 35.6. The van der Waals surface area contributed by atoms with Crippen LogP contribution in [0.25, 0.3) is 0 Å². The fourth-order valence-electron chi connectivity index (χ4n) is 3.15. The summed E-state index contributed by atoms with van der Waals surface area (Å²) in [5.74, 6) is -2.24. The Balaban J connectivity index is 2.40. The number of carbonyl (C=O) groups excluding carboxylic acids is 3. The minimum Gasteiger partial charge on any atom is -0.462 e. The van der Waals surface area contributed by atoms with Gasteiger partial charge in [-0.25, -0.2) is 0 Å². The Kier molecular flexibility index (Phi) is 10.7. The molecule has 0 radical (unpaired) electrons. The van der Waals surface area contributed by atoms with Gasteiger partial charge in [0.05, 0.1) is 17.4 Å². The third-order valence-corrected chi connectivity index (χ3v) is 5.85. The van der Waals surface area contributed by atoms with E-state index in [-0.39, 0.29) is 13.2 Å². The summed E-state index contributed by atoms with van der Waals surface area (Å²) in [6.45, 7) is 9.58. The van der Waals surface area contributed by atoms with Crippen LogP contribution in [-0.4, -0.2) is 64.0 Å². The molecule has 2 rings (SSSR count). The molecule has 0 aromatic heterocycles. The van der Waals surface area contributed by atoms with Crippen LogP contribution in [-0.2, 0) is 39.9 Å². The molecule has 0 unspecified atom stereocenters. The van der Waals surface area contributed by atoms with Crippen LogP contribution in [0.3, 0.4) is 0 Å². The van der Waals surface area contributed by atoms with E-state index in [0.717, 1.165) is 5.56 Å². The van der Waals surface area contributed by atoms with Crippen molar-refractivity contribution in [2.75, 3.05) is 6.61 Å². The van der Waals surface area contributed by atoms with E-state index in [9.17, 15) is 19.5 Å². The van der Waals surface area contributed by atoms with E-state index in [0.29, 0.717) is 0 Å². The molecule has 5 atom stereocenters. The minimum absolute atomic E-state index is 0.0379. The number of hydrogen-bond acceptors (Lipinski definition) is 8. The predicted octanol–water partition coefficient (Wildman–Crippen LogP) is 3.69. The van der Waals surface area contributed by atoms with E-state index in [1.54, 1.807) is 41.5 Å². The molecule has 1 heterocycles. The number of alkyl halides is 3. The topological polar surface area (TPSA) is 120 Å². The first-order valence-corrected chi connectivity index (χ1v) is 12.8. The zero-order chi connectivity index (χ0) is 28.2. The molecule has 9 nitrogen and oxygen atoms in total. The fraction of sp³-hybridized carbons (Fsp3) is 0.640. The summed E-state index contributed by atoms with van der Waals surface area (Å²) in [6.07, 6.45) is -5.37. The molecule has 2 N–H and O–H groups in total. The Morgan fingerprint density at radius 2 is 1.54 bits per heavy atom. The van der Waals surface area contributed by atoms with Gasteiger partial charge < -0.3 is 29.4 Å². The SMILES string of the molecule is CC(C)(C)C(=O)OC[C@H]1O[C@@H](OCc2ccccc2)[C@H](NC(=O)C(Cl)(Cl)Cl)[C@@H](OC(=O)C(C)(C)C)[C@H]1O. The zero-order valence-corrected chi connectivity index (χ0v) is 23.9. The van der Waals surface area contributed by atoms with Gasteiger partial charge in [0.1, 0.15) is 24.9 Å². The van der Waals surface area contributed by atoms with Gasteiger partial charge >= 0.3 is 11.9 Å². The molecule has 1 aromatic rings. The van der Waals surface area contributed by atoms with Gasteiger partial charge in [0.2, 0.25) is 0 Å². The van der Waals surface area contributed by atoms with Crippen molar-refractivity contribution in [3.05, 3.63) is 35.9 Å². The molecular weight excluding hydrogens is 549 g/mol. The van der Waals surface area contributed by atoms with Gasteiger partial charge in [-0.2, -0.15) is 0 Å². The van der Waals surface area contributed by atoms with Crippen LogP contribution in [0.15, 0.2) is 30.3 Å². The number of nitrogens with one attached hydrogen (secondary N) is 1. The number of esters is 2. The second-order valence-corrected chi connectivity index (χ2v) is 13.1. The highest BCUT2D eigenvalue weighted by Crippen LogP contribution is 2.31. The summed E-state index contributed by atoms with van der Waals surface area (Å²) in [6, 6.07) is 7.81. The fourth-order valence-corrected chi connectivity index (χ4v) is 3.31. The second-order valence-electron chi connectivity index (χ2n) is 10.8. The average molecular weight is 583 g/mol. The number of benzene rings is 1. The Labute approximate surface area is 232 Å². The molecule has 0 bridgehead atoms. The van der Waals surface area contributed by atoms with Crippen molar-refractivity contribution in [1.82, 2.24) is 5.32 Å². The smallest absolute Gasteiger partial charge is 0.311 e. The maximum absolute atomic E-state index is 12.8. The number of aliphatic hydroxyl groups excluding tert-OH is 1. The zero-order valence-electron chi connectivity index (χ0n) is 21.6. The number of hydrogen-bond donors (Lipinski definition) is 2. The quantitative estimate of drug-likeness (QED) is 0.369. The monoisotopic (exact) mass is 581 g/mol. The predicted molar refractivity (Wildman–Crippen MR) is 138 cm³/mol. The van der Waals surface area contributed by atoms with E-state index in [1.165, 1.54) is 0 Å². The lowest BCUT2D eigenvalue weighted by molar-refractivity contribution is -0.279. The van der Waals surface area contributed by atoms with Crippen molar-refractivity contribution in [2.45, 2.75) is 82.6 Å². The molecule has 1 fully saturated rings. The normalized spacial score (nSPS) is 24.8. The number of amides is 1. The summed E-state index contributed by atoms with van der Waals surface area (Å²) in [5.41, 5.74) is -0.972. The number of ether oxygens (including phenoxy) is 4. The third kappa shape index (κ3) is 9.26. The summed E-state index contributed by atoms with van der Waals surface area (Å²) < 4.78 is 20.5. The van der Waals surface area contributed by atoms with Crippen LogP contribution in [0, 0.1) is 10.8 Å². The molecule has 1 aliphatic heterocycles. The van der Waals surface area contributed by atoms with Gasteiger partial charge in [0.15, 0.2) is 12.4 Å². The van der Waals surface area contributed by atoms with Crippen LogP contribution in [0.1, 0.15) is 47.1 Å². The largest absolute Gasteiger partial charge is 0.462 e. The molecule has 1 aromatic carbocycles. The maximum Gasteiger partial charge on any atom is 0.311 e. The lowest BCUT2D eigenvalue weighted by Gasteiger charge is -2.44. The minimum atomic E-state index is -2.35. The molecule has 37 heavy (non-hydrogen) atoms. The van der Waals surface area contributed by atoms with Gasteiger partial charge in [-0.1, -0.05) is 65.1 Å². The average Bonchev–Trinajstić information content (AvgIpc) is 2.78. The molecule has 1 amide bonds. The van der Waals surface area contributed by atoms with Crippen molar-refractivity contribution < 1.29 is 38.4 Å². The highest BCUT2D eigenvalue weighted by molar-refractivity contribution is 6.76. The van der Waals surface area contributed by atoms with E-state index >= 15 is 0 Å². The van der Waals surface area contributed by atoms with Crippen LogP contribution >= 0.6 is 34.8 Å². The molecule has 0 spiro atoms. The molecular formula is C25H34Cl3NO8. The van der Waals surface area contributed by atoms with Crippen molar-refractivity contribution in [3.8, 4) is 0 Å². The first-order valence-electron chi connectivity index (χ1n) is 11.7. The van der Waals surface area contributed by atoms with Crippen molar-refractivity contribution >= 4 is 52.6 Å². The van der Waals surface area contributed by atoms with E-state index < -0.39 is 63.1 Å².